The number of carbonyl (C=O) groups is 1. The molecule has 0 bridgehead atoms. The highest BCUT2D eigenvalue weighted by atomic mass is 19.4. The number of nitrogens with zero attached hydrogens (tertiary/aromatic N) is 2. The van der Waals surface area contributed by atoms with Crippen molar-refractivity contribution < 1.29 is 27.4 Å². The number of nitrogen functional groups attached to an aromatic ring is 1. The van der Waals surface area contributed by atoms with Crippen molar-refractivity contribution in [3.63, 3.8) is 0 Å². The summed E-state index contributed by atoms with van der Waals surface area (Å²) in [4.78, 5) is 12.4. The highest BCUT2D eigenvalue weighted by Crippen LogP contribution is 2.36. The molecule has 1 aromatic heterocycles. The van der Waals surface area contributed by atoms with Crippen molar-refractivity contribution in [1.29, 1.82) is 0 Å². The van der Waals surface area contributed by atoms with Gasteiger partial charge in [-0.25, -0.2) is 9.48 Å². The van der Waals surface area contributed by atoms with Gasteiger partial charge in [0.1, 0.15) is 17.1 Å². The van der Waals surface area contributed by atoms with E-state index in [0.717, 1.165) is 12.1 Å². The fourth-order valence-corrected chi connectivity index (χ4v) is 3.07. The number of aromatic nitrogens is 2. The summed E-state index contributed by atoms with van der Waals surface area (Å²) in [6, 6.07) is 10.8. The molecular weight excluding hydrogens is 439 g/mol. The van der Waals surface area contributed by atoms with Crippen LogP contribution in [0, 0.1) is 0 Å². The third-order valence-corrected chi connectivity index (χ3v) is 4.77. The minimum atomic E-state index is -4.46. The second-order valence-corrected chi connectivity index (χ2v) is 7.02. The standard InChI is InChI=1S/C22H24F3N5O3/c1-32-13-3-12-27-21(31)28-19-18(14-4-10-17(33-2)11-5-14)29-30(20(19)26)16-8-6-15(7-9-16)22(23,24)25/h4-11H,3,12-13,26H2,1-2H3,(H2,27,28,31). The zero-order valence-electron chi connectivity index (χ0n) is 18.1. The first-order valence-electron chi connectivity index (χ1n) is 9.99. The SMILES string of the molecule is COCCCNC(=O)Nc1c(-c2ccc(OC)cc2)nn(-c2ccc(C(F)(F)F)cc2)c1N. The van der Waals surface area contributed by atoms with Crippen LogP contribution in [-0.4, -0.2) is 43.2 Å². The van der Waals surface area contributed by atoms with E-state index in [2.05, 4.69) is 15.7 Å². The van der Waals surface area contributed by atoms with Crippen molar-refractivity contribution in [2.45, 2.75) is 12.6 Å². The van der Waals surface area contributed by atoms with Crippen LogP contribution in [0.2, 0.25) is 0 Å². The van der Waals surface area contributed by atoms with Crippen LogP contribution >= 0.6 is 0 Å². The Kier molecular flexibility index (Phi) is 7.44. The molecular formula is C22H24F3N5O3. The van der Waals surface area contributed by atoms with E-state index in [1.165, 1.54) is 23.9 Å². The van der Waals surface area contributed by atoms with Gasteiger partial charge in [-0.1, -0.05) is 0 Å². The summed E-state index contributed by atoms with van der Waals surface area (Å²) in [6.07, 6.45) is -3.84. The number of benzene rings is 2. The number of methoxy groups -OCH3 is 2. The van der Waals surface area contributed by atoms with Gasteiger partial charge in [0.2, 0.25) is 0 Å². The summed E-state index contributed by atoms with van der Waals surface area (Å²) in [5.41, 5.74) is 6.99. The normalized spacial score (nSPS) is 11.3. The van der Waals surface area contributed by atoms with E-state index in [9.17, 15) is 18.0 Å². The van der Waals surface area contributed by atoms with E-state index in [4.69, 9.17) is 15.2 Å². The molecule has 0 unspecified atom stereocenters. The van der Waals surface area contributed by atoms with Crippen molar-refractivity contribution in [3.8, 4) is 22.7 Å². The maximum Gasteiger partial charge on any atom is 0.416 e. The Morgan fingerprint density at radius 1 is 1.09 bits per heavy atom. The van der Waals surface area contributed by atoms with Gasteiger partial charge in [-0.15, -0.1) is 0 Å². The molecule has 0 aliphatic rings. The first-order chi connectivity index (χ1) is 15.7. The second kappa shape index (κ2) is 10.3. The average molecular weight is 463 g/mol. The summed E-state index contributed by atoms with van der Waals surface area (Å²) in [6.45, 7) is 0.871. The van der Waals surface area contributed by atoms with Gasteiger partial charge in [-0.05, 0) is 55.0 Å². The minimum absolute atomic E-state index is 0.0626. The zero-order chi connectivity index (χ0) is 24.0. The molecule has 8 nitrogen and oxygen atoms in total. The number of rotatable bonds is 8. The summed E-state index contributed by atoms with van der Waals surface area (Å²) in [5, 5.41) is 9.86. The Balaban J connectivity index is 1.97. The molecule has 4 N–H and O–H groups in total. The topological polar surface area (TPSA) is 103 Å². The number of hydrogen-bond donors (Lipinski definition) is 3. The van der Waals surface area contributed by atoms with E-state index in [-0.39, 0.29) is 11.5 Å². The molecule has 0 aliphatic heterocycles. The molecule has 0 atom stereocenters. The zero-order valence-corrected chi connectivity index (χ0v) is 18.1. The number of nitrogens with one attached hydrogen (secondary N) is 2. The van der Waals surface area contributed by atoms with Crippen LogP contribution in [0.5, 0.6) is 5.75 Å². The maximum atomic E-state index is 12.9. The van der Waals surface area contributed by atoms with E-state index >= 15 is 0 Å². The predicted octanol–water partition coefficient (Wildman–Crippen LogP) is 4.31. The van der Waals surface area contributed by atoms with Crippen molar-refractivity contribution in [2.75, 3.05) is 38.4 Å². The number of hydrogen-bond acceptors (Lipinski definition) is 5. The number of nitrogens with two attached hydrogens (primary N) is 1. The Bertz CT molecular complexity index is 1080. The molecule has 0 saturated heterocycles. The first kappa shape index (κ1) is 23.9. The first-order valence-corrected chi connectivity index (χ1v) is 9.99. The molecule has 2 amide bonds. The molecule has 3 aromatic rings. The lowest BCUT2D eigenvalue weighted by Crippen LogP contribution is -2.30. The highest BCUT2D eigenvalue weighted by molar-refractivity contribution is 5.97. The number of ether oxygens (including phenoxy) is 2. The lowest BCUT2D eigenvalue weighted by atomic mass is 10.1. The smallest absolute Gasteiger partial charge is 0.416 e. The van der Waals surface area contributed by atoms with E-state index < -0.39 is 17.8 Å². The van der Waals surface area contributed by atoms with Gasteiger partial charge in [-0.2, -0.15) is 18.3 Å². The molecule has 0 fully saturated rings. The van der Waals surface area contributed by atoms with Crippen molar-refractivity contribution in [1.82, 2.24) is 15.1 Å². The van der Waals surface area contributed by atoms with Crippen molar-refractivity contribution >= 4 is 17.5 Å². The van der Waals surface area contributed by atoms with Gasteiger partial charge in [0.25, 0.3) is 0 Å². The monoisotopic (exact) mass is 463 g/mol. The molecule has 0 saturated carbocycles. The molecule has 0 spiro atoms. The molecule has 0 radical (unpaired) electrons. The number of anilines is 2. The highest BCUT2D eigenvalue weighted by Gasteiger charge is 2.30. The third kappa shape index (κ3) is 5.75. The molecule has 11 heteroatoms. The summed E-state index contributed by atoms with van der Waals surface area (Å²) < 4.78 is 50.2. The third-order valence-electron chi connectivity index (χ3n) is 4.77. The minimum Gasteiger partial charge on any atom is -0.497 e. The quantitative estimate of drug-likeness (QED) is 0.432. The molecule has 176 valence electrons. The van der Waals surface area contributed by atoms with Crippen LogP contribution in [0.1, 0.15) is 12.0 Å². The summed E-state index contributed by atoms with van der Waals surface area (Å²) in [7, 11) is 3.10. The van der Waals surface area contributed by atoms with Crippen molar-refractivity contribution in [3.05, 3.63) is 54.1 Å². The fraction of sp³-hybridized carbons (Fsp3) is 0.273. The number of amides is 2. The molecule has 3 rings (SSSR count). The van der Waals surface area contributed by atoms with Crippen LogP contribution < -0.4 is 21.1 Å². The number of urea groups is 1. The van der Waals surface area contributed by atoms with Crippen LogP contribution in [0.15, 0.2) is 48.5 Å². The van der Waals surface area contributed by atoms with Gasteiger partial charge in [0.05, 0.1) is 18.4 Å². The maximum absolute atomic E-state index is 12.9. The van der Waals surface area contributed by atoms with Crippen LogP contribution in [-0.2, 0) is 10.9 Å². The number of carbonyl (C=O) groups excluding carboxylic acids is 1. The summed E-state index contributed by atoms with van der Waals surface area (Å²) >= 11 is 0. The Morgan fingerprint density at radius 2 is 1.76 bits per heavy atom. The van der Waals surface area contributed by atoms with E-state index in [1.807, 2.05) is 0 Å². The van der Waals surface area contributed by atoms with E-state index in [1.54, 1.807) is 31.4 Å². The van der Waals surface area contributed by atoms with Crippen LogP contribution in [0.3, 0.4) is 0 Å². The largest absolute Gasteiger partial charge is 0.497 e. The van der Waals surface area contributed by atoms with Crippen molar-refractivity contribution in [2.24, 2.45) is 0 Å². The Hall–Kier alpha value is -3.73. The predicted molar refractivity (Wildman–Crippen MR) is 118 cm³/mol. The fourth-order valence-electron chi connectivity index (χ4n) is 3.07. The number of halogens is 3. The molecule has 33 heavy (non-hydrogen) atoms. The van der Waals surface area contributed by atoms with E-state index in [0.29, 0.717) is 42.3 Å². The molecule has 0 aliphatic carbocycles. The second-order valence-electron chi connectivity index (χ2n) is 7.02. The van der Waals surface area contributed by atoms with Gasteiger partial charge in [0.15, 0.2) is 5.82 Å². The van der Waals surface area contributed by atoms with Crippen LogP contribution in [0.25, 0.3) is 16.9 Å². The summed E-state index contributed by atoms with van der Waals surface area (Å²) in [5.74, 6) is 0.687. The molecule has 2 aromatic carbocycles. The van der Waals surface area contributed by atoms with Gasteiger partial charge in [0, 0.05) is 25.8 Å². The van der Waals surface area contributed by atoms with Gasteiger partial charge >= 0.3 is 12.2 Å². The lowest BCUT2D eigenvalue weighted by molar-refractivity contribution is -0.137. The van der Waals surface area contributed by atoms with Crippen LogP contribution in [0.4, 0.5) is 29.5 Å². The lowest BCUT2D eigenvalue weighted by Gasteiger charge is -2.10. The Labute approximate surface area is 188 Å². The van der Waals surface area contributed by atoms with Gasteiger partial charge in [-0.3, -0.25) is 0 Å². The Morgan fingerprint density at radius 3 is 2.33 bits per heavy atom. The molecule has 1 heterocycles. The number of alkyl halides is 3. The van der Waals surface area contributed by atoms with Gasteiger partial charge < -0.3 is 25.8 Å². The average Bonchev–Trinajstić information content (AvgIpc) is 3.12.